The van der Waals surface area contributed by atoms with Crippen LogP contribution >= 0.6 is 0 Å². The van der Waals surface area contributed by atoms with Gasteiger partial charge in [-0.05, 0) is 25.1 Å². The van der Waals surface area contributed by atoms with Gasteiger partial charge >= 0.3 is 0 Å². The number of benzene rings is 1. The van der Waals surface area contributed by atoms with Gasteiger partial charge in [-0.25, -0.2) is 0 Å². The molecular formula is C12H16N2O3. The lowest BCUT2D eigenvalue weighted by atomic mass is 10.2. The highest BCUT2D eigenvalue weighted by Gasteiger charge is 2.28. The summed E-state index contributed by atoms with van der Waals surface area (Å²) in [6.07, 6.45) is -0.441. The van der Waals surface area contributed by atoms with Crippen molar-refractivity contribution in [3.8, 4) is 5.75 Å². The first kappa shape index (κ1) is 11.7. The highest BCUT2D eigenvalue weighted by molar-refractivity contribution is 5.99. The Morgan fingerprint density at radius 1 is 1.53 bits per heavy atom. The Morgan fingerprint density at radius 3 is 3.00 bits per heavy atom. The Bertz CT molecular complexity index is 434. The van der Waals surface area contributed by atoms with E-state index in [1.54, 1.807) is 18.9 Å². The van der Waals surface area contributed by atoms with E-state index >= 15 is 0 Å². The summed E-state index contributed by atoms with van der Waals surface area (Å²) in [5.41, 5.74) is 1.60. The normalized spacial score (nSPS) is 18.6. The fourth-order valence-electron chi connectivity index (χ4n) is 1.82. The molecule has 1 aromatic rings. The number of likely N-dealkylation sites (N-methyl/N-ethyl adjacent to an activating group) is 1. The van der Waals surface area contributed by atoms with E-state index in [9.17, 15) is 4.79 Å². The monoisotopic (exact) mass is 236 g/mol. The largest absolute Gasteiger partial charge is 0.479 e. The summed E-state index contributed by atoms with van der Waals surface area (Å²) in [5, 5.41) is 11.8. The molecule has 1 heterocycles. The molecule has 1 amide bonds. The molecule has 92 valence electrons. The molecule has 0 bridgehead atoms. The number of anilines is 2. The topological polar surface area (TPSA) is 61.8 Å². The Kier molecular flexibility index (Phi) is 3.19. The van der Waals surface area contributed by atoms with Crippen LogP contribution in [0.25, 0.3) is 0 Å². The molecule has 2 rings (SSSR count). The van der Waals surface area contributed by atoms with Crippen LogP contribution in [0.2, 0.25) is 0 Å². The van der Waals surface area contributed by atoms with Crippen LogP contribution in [-0.2, 0) is 4.79 Å². The van der Waals surface area contributed by atoms with Crippen molar-refractivity contribution < 1.29 is 14.6 Å². The van der Waals surface area contributed by atoms with E-state index in [1.807, 2.05) is 18.2 Å². The zero-order valence-corrected chi connectivity index (χ0v) is 9.93. The van der Waals surface area contributed by atoms with Gasteiger partial charge < -0.3 is 20.1 Å². The van der Waals surface area contributed by atoms with Crippen LogP contribution in [0.5, 0.6) is 5.75 Å². The molecule has 0 saturated carbocycles. The van der Waals surface area contributed by atoms with Crippen LogP contribution in [0.1, 0.15) is 6.92 Å². The maximum Gasteiger partial charge on any atom is 0.267 e. The Labute approximate surface area is 100.0 Å². The van der Waals surface area contributed by atoms with Gasteiger partial charge in [0.05, 0.1) is 12.3 Å². The number of hydrogen-bond donors (Lipinski definition) is 2. The molecule has 0 aromatic heterocycles. The molecule has 0 fully saturated rings. The maximum absolute atomic E-state index is 11.8. The minimum Gasteiger partial charge on any atom is -0.479 e. The van der Waals surface area contributed by atoms with E-state index < -0.39 is 6.10 Å². The van der Waals surface area contributed by atoms with Gasteiger partial charge in [-0.2, -0.15) is 0 Å². The zero-order valence-electron chi connectivity index (χ0n) is 9.93. The van der Waals surface area contributed by atoms with Crippen LogP contribution in [0.15, 0.2) is 18.2 Å². The summed E-state index contributed by atoms with van der Waals surface area (Å²) in [6.45, 7) is 2.28. The predicted molar refractivity (Wildman–Crippen MR) is 65.5 cm³/mol. The first-order chi connectivity index (χ1) is 8.13. The number of nitrogens with zero attached hydrogens (tertiary/aromatic N) is 1. The smallest absolute Gasteiger partial charge is 0.267 e. The first-order valence-corrected chi connectivity index (χ1v) is 5.56. The highest BCUT2D eigenvalue weighted by atomic mass is 16.5. The minimum atomic E-state index is -0.441. The van der Waals surface area contributed by atoms with Crippen molar-refractivity contribution in [2.75, 3.05) is 30.4 Å². The van der Waals surface area contributed by atoms with Crippen LogP contribution in [0.3, 0.4) is 0 Å². The lowest BCUT2D eigenvalue weighted by molar-refractivity contribution is -0.125. The summed E-state index contributed by atoms with van der Waals surface area (Å²) < 4.78 is 5.51. The summed E-state index contributed by atoms with van der Waals surface area (Å²) in [4.78, 5) is 13.3. The molecule has 2 N–H and O–H groups in total. The quantitative estimate of drug-likeness (QED) is 0.816. The second kappa shape index (κ2) is 4.63. The van der Waals surface area contributed by atoms with Crippen molar-refractivity contribution in [1.82, 2.24) is 0 Å². The van der Waals surface area contributed by atoms with Gasteiger partial charge in [0.1, 0.15) is 5.75 Å². The van der Waals surface area contributed by atoms with Gasteiger partial charge in [-0.15, -0.1) is 0 Å². The second-order valence-electron chi connectivity index (χ2n) is 3.99. The van der Waals surface area contributed by atoms with Gasteiger partial charge in [-0.3, -0.25) is 4.79 Å². The van der Waals surface area contributed by atoms with Crippen molar-refractivity contribution in [3.05, 3.63) is 18.2 Å². The Morgan fingerprint density at radius 2 is 2.29 bits per heavy atom. The van der Waals surface area contributed by atoms with Crippen LogP contribution < -0.4 is 15.0 Å². The van der Waals surface area contributed by atoms with E-state index in [2.05, 4.69) is 5.32 Å². The number of fused-ring (bicyclic) bond motifs is 1. The summed E-state index contributed by atoms with van der Waals surface area (Å²) in [5.74, 6) is 0.644. The molecule has 1 aliphatic rings. The van der Waals surface area contributed by atoms with Crippen LogP contribution in [0, 0.1) is 0 Å². The average molecular weight is 236 g/mol. The van der Waals surface area contributed by atoms with Gasteiger partial charge in [0.25, 0.3) is 5.91 Å². The molecule has 0 radical (unpaired) electrons. The summed E-state index contributed by atoms with van der Waals surface area (Å²) in [7, 11) is 1.73. The molecular weight excluding hydrogens is 220 g/mol. The molecule has 1 unspecified atom stereocenters. The van der Waals surface area contributed by atoms with Crippen molar-refractivity contribution >= 4 is 17.3 Å². The summed E-state index contributed by atoms with van der Waals surface area (Å²) in [6, 6.07) is 5.54. The Hall–Kier alpha value is -1.75. The fourth-order valence-corrected chi connectivity index (χ4v) is 1.82. The van der Waals surface area contributed by atoms with Gasteiger partial charge in [0, 0.05) is 19.3 Å². The van der Waals surface area contributed by atoms with Gasteiger partial charge in [-0.1, -0.05) is 0 Å². The lowest BCUT2D eigenvalue weighted by Crippen LogP contribution is -2.41. The number of hydrogen-bond acceptors (Lipinski definition) is 4. The number of carbonyl (C=O) groups excluding carboxylic acids is 1. The van der Waals surface area contributed by atoms with Crippen LogP contribution in [-0.4, -0.2) is 37.3 Å². The number of nitrogens with one attached hydrogen (secondary N) is 1. The molecule has 5 nitrogen and oxygen atoms in total. The molecule has 1 aromatic carbocycles. The first-order valence-electron chi connectivity index (χ1n) is 5.56. The highest BCUT2D eigenvalue weighted by Crippen LogP contribution is 2.35. The number of aliphatic hydroxyl groups is 1. The molecule has 1 aliphatic heterocycles. The minimum absolute atomic E-state index is 0.0585. The number of aliphatic hydroxyl groups excluding tert-OH is 1. The fraction of sp³-hybridized carbons (Fsp3) is 0.417. The standard InChI is InChI=1S/C12H16N2O3/c1-8-12(16)14(2)10-7-9(13-5-6-15)3-4-11(10)17-8/h3-4,7-8,13,15H,5-6H2,1-2H3. The van der Waals surface area contributed by atoms with Gasteiger partial charge in [0.15, 0.2) is 6.10 Å². The van der Waals surface area contributed by atoms with Crippen molar-refractivity contribution in [1.29, 1.82) is 0 Å². The molecule has 0 saturated heterocycles. The SMILES string of the molecule is CC1Oc2ccc(NCCO)cc2N(C)C1=O. The van der Waals surface area contributed by atoms with Crippen molar-refractivity contribution in [3.63, 3.8) is 0 Å². The molecule has 17 heavy (non-hydrogen) atoms. The number of rotatable bonds is 3. The molecule has 0 aliphatic carbocycles. The molecule has 0 spiro atoms. The van der Waals surface area contributed by atoms with Crippen molar-refractivity contribution in [2.45, 2.75) is 13.0 Å². The van der Waals surface area contributed by atoms with E-state index in [1.165, 1.54) is 0 Å². The lowest BCUT2D eigenvalue weighted by Gasteiger charge is -2.30. The van der Waals surface area contributed by atoms with Crippen LogP contribution in [0.4, 0.5) is 11.4 Å². The third kappa shape index (κ3) is 2.19. The number of ether oxygens (including phenoxy) is 1. The molecule has 5 heteroatoms. The van der Waals surface area contributed by atoms with Gasteiger partial charge in [0.2, 0.25) is 0 Å². The second-order valence-corrected chi connectivity index (χ2v) is 3.99. The Balaban J connectivity index is 2.28. The third-order valence-corrected chi connectivity index (χ3v) is 2.74. The average Bonchev–Trinajstić information content (AvgIpc) is 2.34. The third-order valence-electron chi connectivity index (χ3n) is 2.74. The number of amides is 1. The van der Waals surface area contributed by atoms with Crippen molar-refractivity contribution in [2.24, 2.45) is 0 Å². The van der Waals surface area contributed by atoms with E-state index in [0.717, 1.165) is 11.4 Å². The van der Waals surface area contributed by atoms with E-state index in [4.69, 9.17) is 9.84 Å². The van der Waals surface area contributed by atoms with E-state index in [-0.39, 0.29) is 12.5 Å². The van der Waals surface area contributed by atoms with E-state index in [0.29, 0.717) is 12.3 Å². The molecule has 1 atom stereocenters. The predicted octanol–water partition coefficient (Wildman–Crippen LogP) is 0.834. The summed E-state index contributed by atoms with van der Waals surface area (Å²) >= 11 is 0. The maximum atomic E-state index is 11.8. The zero-order chi connectivity index (χ0) is 12.4. The number of carbonyl (C=O) groups is 1.